The van der Waals surface area contributed by atoms with E-state index in [2.05, 4.69) is 44.8 Å². The van der Waals surface area contributed by atoms with Gasteiger partial charge in [0.25, 0.3) is 0 Å². The van der Waals surface area contributed by atoms with E-state index in [-0.39, 0.29) is 5.41 Å². The summed E-state index contributed by atoms with van der Waals surface area (Å²) in [6, 6.07) is 7.86. The average Bonchev–Trinajstić information content (AvgIpc) is 3.20. The molecule has 5 nitrogen and oxygen atoms in total. The van der Waals surface area contributed by atoms with E-state index < -0.39 is 11.6 Å². The molecule has 0 aliphatic carbocycles. The van der Waals surface area contributed by atoms with Crippen molar-refractivity contribution in [3.8, 4) is 6.07 Å². The second-order valence-corrected chi connectivity index (χ2v) is 8.29. The summed E-state index contributed by atoms with van der Waals surface area (Å²) in [6.07, 6.45) is 5.79. The maximum absolute atomic E-state index is 11.9. The van der Waals surface area contributed by atoms with Gasteiger partial charge in [-0.2, -0.15) is 5.26 Å². The van der Waals surface area contributed by atoms with E-state index in [0.29, 0.717) is 12.1 Å². The van der Waals surface area contributed by atoms with Crippen molar-refractivity contribution in [1.82, 2.24) is 9.88 Å². The topological polar surface area (TPSA) is 80.1 Å². The zero-order chi connectivity index (χ0) is 19.8. The number of nitrogens with zero attached hydrogens (tertiary/aromatic N) is 2. The normalized spacial score (nSPS) is 20.5. The van der Waals surface area contributed by atoms with Crippen LogP contribution in [0.5, 0.6) is 0 Å². The fourth-order valence-corrected chi connectivity index (χ4v) is 4.40. The van der Waals surface area contributed by atoms with Crippen molar-refractivity contribution in [3.05, 3.63) is 41.1 Å². The fourth-order valence-electron chi connectivity index (χ4n) is 4.40. The van der Waals surface area contributed by atoms with Gasteiger partial charge in [0.05, 0.1) is 17.2 Å². The standard InChI is InChI=1S/C22H27N3O2/c1-5-16-17-8-7-15(14-23)13-19(17)24-18(16)9-11-22(21(2,3)4)10-6-12-25(22)20(26)27/h7-9,11,13,24H,5-6,10,12H2,1-4H3,(H,26,27)/t22-/m0/s1. The molecule has 1 aliphatic heterocycles. The molecule has 2 aromatic rings. The molecule has 5 heteroatoms. The Labute approximate surface area is 160 Å². The van der Waals surface area contributed by atoms with Crippen LogP contribution in [0, 0.1) is 16.7 Å². The van der Waals surface area contributed by atoms with Crippen molar-refractivity contribution in [1.29, 1.82) is 5.26 Å². The number of aryl methyl sites for hydroxylation is 1. The van der Waals surface area contributed by atoms with E-state index in [9.17, 15) is 9.90 Å². The van der Waals surface area contributed by atoms with E-state index in [0.717, 1.165) is 35.9 Å². The average molecular weight is 365 g/mol. The van der Waals surface area contributed by atoms with Crippen LogP contribution in [0.2, 0.25) is 0 Å². The fraction of sp³-hybridized carbons (Fsp3) is 0.455. The smallest absolute Gasteiger partial charge is 0.408 e. The largest absolute Gasteiger partial charge is 0.465 e. The number of aromatic amines is 1. The molecule has 1 fully saturated rings. The molecule has 1 atom stereocenters. The summed E-state index contributed by atoms with van der Waals surface area (Å²) >= 11 is 0. The van der Waals surface area contributed by atoms with Gasteiger partial charge in [-0.05, 0) is 48.4 Å². The number of aromatic nitrogens is 1. The van der Waals surface area contributed by atoms with Crippen LogP contribution in [0.4, 0.5) is 4.79 Å². The number of nitriles is 1. The highest BCUT2D eigenvalue weighted by molar-refractivity contribution is 5.88. The van der Waals surface area contributed by atoms with Gasteiger partial charge < -0.3 is 10.1 Å². The quantitative estimate of drug-likeness (QED) is 0.787. The Morgan fingerprint density at radius 1 is 1.44 bits per heavy atom. The van der Waals surface area contributed by atoms with Crippen LogP contribution in [0.25, 0.3) is 17.0 Å². The molecule has 2 N–H and O–H groups in total. The van der Waals surface area contributed by atoms with Crippen LogP contribution in [0.3, 0.4) is 0 Å². The molecule has 1 aromatic heterocycles. The lowest BCUT2D eigenvalue weighted by atomic mass is 9.71. The van der Waals surface area contributed by atoms with Crippen LogP contribution in [0.15, 0.2) is 24.3 Å². The van der Waals surface area contributed by atoms with Crippen LogP contribution >= 0.6 is 0 Å². The summed E-state index contributed by atoms with van der Waals surface area (Å²) in [7, 11) is 0. The molecule has 0 saturated carbocycles. The molecule has 1 saturated heterocycles. The number of amides is 1. The molecule has 0 radical (unpaired) electrons. The zero-order valence-corrected chi connectivity index (χ0v) is 16.5. The number of likely N-dealkylation sites (tertiary alicyclic amines) is 1. The predicted molar refractivity (Wildman–Crippen MR) is 108 cm³/mol. The number of fused-ring (bicyclic) bond motifs is 1. The van der Waals surface area contributed by atoms with Gasteiger partial charge in [0.1, 0.15) is 0 Å². The number of carboxylic acid groups (broad SMARTS) is 1. The van der Waals surface area contributed by atoms with Crippen LogP contribution in [-0.2, 0) is 6.42 Å². The third-order valence-corrected chi connectivity index (χ3v) is 5.90. The van der Waals surface area contributed by atoms with Gasteiger partial charge in [0, 0.05) is 23.1 Å². The van der Waals surface area contributed by atoms with Gasteiger partial charge in [0.15, 0.2) is 0 Å². The Balaban J connectivity index is 2.10. The lowest BCUT2D eigenvalue weighted by molar-refractivity contribution is 0.0646. The summed E-state index contributed by atoms with van der Waals surface area (Å²) in [4.78, 5) is 16.9. The van der Waals surface area contributed by atoms with Crippen molar-refractivity contribution >= 4 is 23.1 Å². The molecule has 1 amide bonds. The highest BCUT2D eigenvalue weighted by Gasteiger charge is 2.50. The van der Waals surface area contributed by atoms with Crippen LogP contribution in [0.1, 0.15) is 57.4 Å². The highest BCUT2D eigenvalue weighted by atomic mass is 16.4. The summed E-state index contributed by atoms with van der Waals surface area (Å²) in [6.45, 7) is 8.98. The second kappa shape index (κ2) is 6.77. The lowest BCUT2D eigenvalue weighted by Crippen LogP contribution is -2.53. The molecule has 27 heavy (non-hydrogen) atoms. The van der Waals surface area contributed by atoms with Gasteiger partial charge in [0.2, 0.25) is 0 Å². The summed E-state index contributed by atoms with van der Waals surface area (Å²) in [5, 5.41) is 20.0. The van der Waals surface area contributed by atoms with Gasteiger partial charge in [-0.3, -0.25) is 4.90 Å². The molecule has 3 rings (SSSR count). The summed E-state index contributed by atoms with van der Waals surface area (Å²) in [5.41, 5.74) is 3.00. The first-order chi connectivity index (χ1) is 12.7. The predicted octanol–water partition coefficient (Wildman–Crippen LogP) is 5.17. The first-order valence-electron chi connectivity index (χ1n) is 9.48. The maximum atomic E-state index is 11.9. The van der Waals surface area contributed by atoms with Crippen molar-refractivity contribution in [2.24, 2.45) is 5.41 Å². The number of H-pyrrole nitrogens is 1. The number of hydrogen-bond donors (Lipinski definition) is 2. The van der Waals surface area contributed by atoms with Gasteiger partial charge in [-0.25, -0.2) is 4.79 Å². The van der Waals surface area contributed by atoms with Crippen molar-refractivity contribution < 1.29 is 9.90 Å². The molecule has 0 bridgehead atoms. The van der Waals surface area contributed by atoms with Gasteiger partial charge in [-0.1, -0.05) is 39.8 Å². The number of hydrogen-bond acceptors (Lipinski definition) is 2. The minimum atomic E-state index is -0.863. The summed E-state index contributed by atoms with van der Waals surface area (Å²) < 4.78 is 0. The molecular formula is C22H27N3O2. The Hall–Kier alpha value is -2.74. The van der Waals surface area contributed by atoms with Crippen LogP contribution < -0.4 is 0 Å². The van der Waals surface area contributed by atoms with E-state index in [4.69, 9.17) is 5.26 Å². The Morgan fingerprint density at radius 2 is 2.19 bits per heavy atom. The number of benzene rings is 1. The molecule has 0 spiro atoms. The monoisotopic (exact) mass is 365 g/mol. The molecule has 1 aromatic carbocycles. The first-order valence-corrected chi connectivity index (χ1v) is 9.48. The van der Waals surface area contributed by atoms with Gasteiger partial charge >= 0.3 is 6.09 Å². The Kier molecular flexibility index (Phi) is 4.77. The van der Waals surface area contributed by atoms with E-state index in [1.807, 2.05) is 24.3 Å². The van der Waals surface area contributed by atoms with Crippen molar-refractivity contribution in [2.75, 3.05) is 6.54 Å². The minimum Gasteiger partial charge on any atom is -0.465 e. The van der Waals surface area contributed by atoms with Crippen LogP contribution in [-0.4, -0.2) is 33.2 Å². The summed E-state index contributed by atoms with van der Waals surface area (Å²) in [5.74, 6) is 0. The Morgan fingerprint density at radius 3 is 2.78 bits per heavy atom. The Bertz CT molecular complexity index is 943. The zero-order valence-electron chi connectivity index (χ0n) is 16.5. The SMILES string of the molecule is CCc1c(C=C[C@]2(C(C)(C)C)CCCN2C(=O)O)[nH]c2cc(C#N)ccc12. The lowest BCUT2D eigenvalue weighted by Gasteiger charge is -2.45. The third kappa shape index (κ3) is 3.10. The minimum absolute atomic E-state index is 0.217. The number of rotatable bonds is 3. The second-order valence-electron chi connectivity index (χ2n) is 8.29. The van der Waals surface area contributed by atoms with E-state index in [1.54, 1.807) is 4.90 Å². The van der Waals surface area contributed by atoms with E-state index >= 15 is 0 Å². The molecular weight excluding hydrogens is 338 g/mol. The third-order valence-electron chi connectivity index (χ3n) is 5.90. The van der Waals surface area contributed by atoms with Crippen molar-refractivity contribution in [2.45, 2.75) is 52.5 Å². The van der Waals surface area contributed by atoms with Gasteiger partial charge in [-0.15, -0.1) is 0 Å². The number of carbonyl (C=O) groups is 1. The number of nitrogens with one attached hydrogen (secondary N) is 1. The highest BCUT2D eigenvalue weighted by Crippen LogP contribution is 2.45. The molecule has 0 unspecified atom stereocenters. The molecule has 142 valence electrons. The maximum Gasteiger partial charge on any atom is 0.408 e. The van der Waals surface area contributed by atoms with E-state index in [1.165, 1.54) is 5.56 Å². The molecule has 2 heterocycles. The van der Waals surface area contributed by atoms with Crippen molar-refractivity contribution in [3.63, 3.8) is 0 Å². The molecule has 1 aliphatic rings. The first kappa shape index (κ1) is 19.0.